The minimum atomic E-state index is -0.392. The molecule has 2 N–H and O–H groups in total. The number of imidazole rings is 1. The summed E-state index contributed by atoms with van der Waals surface area (Å²) >= 11 is 5.80. The van der Waals surface area contributed by atoms with E-state index in [4.69, 9.17) is 11.6 Å². The number of rotatable bonds is 6. The van der Waals surface area contributed by atoms with Gasteiger partial charge < -0.3 is 15.2 Å². The fourth-order valence-electron chi connectivity index (χ4n) is 2.50. The molecule has 3 rings (SSSR count). The fourth-order valence-corrected chi connectivity index (χ4v) is 2.61. The molecule has 0 atom stereocenters. The number of nitrogens with one attached hydrogen (secondary N) is 2. The SMILES string of the molecule is CCn1ccnc1C=CC(=O)Nc1ccccc1C(=O)Nc1ccc(Cl)cn1. The molecule has 3 aromatic rings. The van der Waals surface area contributed by atoms with Crippen LogP contribution in [0, 0.1) is 0 Å². The highest BCUT2D eigenvalue weighted by molar-refractivity contribution is 6.30. The second-order valence-corrected chi connectivity index (χ2v) is 6.19. The van der Waals surface area contributed by atoms with Crippen LogP contribution in [0.15, 0.2) is 61.1 Å². The first kappa shape index (κ1) is 19.3. The summed E-state index contributed by atoms with van der Waals surface area (Å²) in [7, 11) is 0. The molecule has 1 aromatic carbocycles. The summed E-state index contributed by atoms with van der Waals surface area (Å²) in [5.74, 6) is 0.283. The van der Waals surface area contributed by atoms with Crippen molar-refractivity contribution < 1.29 is 9.59 Å². The molecule has 2 heterocycles. The number of aromatic nitrogens is 3. The van der Waals surface area contributed by atoms with E-state index >= 15 is 0 Å². The van der Waals surface area contributed by atoms with Crippen LogP contribution in [0.25, 0.3) is 6.08 Å². The molecule has 0 aliphatic rings. The molecule has 2 amide bonds. The van der Waals surface area contributed by atoms with Crippen LogP contribution in [0.2, 0.25) is 5.02 Å². The molecule has 0 unspecified atom stereocenters. The van der Waals surface area contributed by atoms with E-state index in [0.717, 1.165) is 6.54 Å². The van der Waals surface area contributed by atoms with Gasteiger partial charge in [-0.2, -0.15) is 0 Å². The molecule has 0 aliphatic carbocycles. The van der Waals surface area contributed by atoms with Gasteiger partial charge in [-0.15, -0.1) is 0 Å². The van der Waals surface area contributed by atoms with Crippen molar-refractivity contribution in [1.82, 2.24) is 14.5 Å². The Bertz CT molecular complexity index is 1010. The van der Waals surface area contributed by atoms with Gasteiger partial charge >= 0.3 is 0 Å². The summed E-state index contributed by atoms with van der Waals surface area (Å²) in [6.45, 7) is 2.74. The molecule has 7 nitrogen and oxygen atoms in total. The Morgan fingerprint density at radius 1 is 1.14 bits per heavy atom. The minimum absolute atomic E-state index is 0.316. The highest BCUT2D eigenvalue weighted by Gasteiger charge is 2.13. The second kappa shape index (κ2) is 8.96. The average Bonchev–Trinajstić information content (AvgIpc) is 3.16. The summed E-state index contributed by atoms with van der Waals surface area (Å²) in [4.78, 5) is 33.1. The number of carbonyl (C=O) groups excluding carboxylic acids is 2. The minimum Gasteiger partial charge on any atom is -0.332 e. The van der Waals surface area contributed by atoms with Gasteiger partial charge in [-0.1, -0.05) is 23.7 Å². The van der Waals surface area contributed by atoms with Crippen LogP contribution in [0.3, 0.4) is 0 Å². The number of para-hydroxylation sites is 1. The quantitative estimate of drug-likeness (QED) is 0.620. The van der Waals surface area contributed by atoms with Crippen LogP contribution in [0.5, 0.6) is 0 Å². The van der Waals surface area contributed by atoms with E-state index in [2.05, 4.69) is 20.6 Å². The third-order valence-corrected chi connectivity index (χ3v) is 4.09. The number of nitrogens with zero attached hydrogens (tertiary/aromatic N) is 3. The van der Waals surface area contributed by atoms with Gasteiger partial charge in [-0.05, 0) is 37.3 Å². The molecular weight excluding hydrogens is 378 g/mol. The number of hydrogen-bond donors (Lipinski definition) is 2. The number of benzene rings is 1. The van der Waals surface area contributed by atoms with E-state index in [-0.39, 0.29) is 5.91 Å². The zero-order chi connectivity index (χ0) is 19.9. The monoisotopic (exact) mass is 395 g/mol. The maximum atomic E-state index is 12.6. The Morgan fingerprint density at radius 3 is 2.71 bits per heavy atom. The van der Waals surface area contributed by atoms with Gasteiger partial charge in [0.05, 0.1) is 16.3 Å². The van der Waals surface area contributed by atoms with E-state index in [1.54, 1.807) is 48.7 Å². The van der Waals surface area contributed by atoms with Crippen molar-refractivity contribution >= 4 is 41.0 Å². The molecule has 8 heteroatoms. The summed E-state index contributed by atoms with van der Waals surface area (Å²) < 4.78 is 1.91. The number of aryl methyl sites for hydroxylation is 1. The van der Waals surface area contributed by atoms with Crippen LogP contribution in [0.4, 0.5) is 11.5 Å². The zero-order valence-corrected chi connectivity index (χ0v) is 15.8. The van der Waals surface area contributed by atoms with Gasteiger partial charge in [0.25, 0.3) is 5.91 Å². The van der Waals surface area contributed by atoms with Gasteiger partial charge in [0.15, 0.2) is 0 Å². The number of anilines is 2. The lowest BCUT2D eigenvalue weighted by molar-refractivity contribution is -0.111. The van der Waals surface area contributed by atoms with Gasteiger partial charge in [0.1, 0.15) is 11.6 Å². The van der Waals surface area contributed by atoms with Crippen molar-refractivity contribution in [2.24, 2.45) is 0 Å². The molecule has 0 saturated heterocycles. The van der Waals surface area contributed by atoms with E-state index in [1.165, 1.54) is 12.3 Å². The number of hydrogen-bond acceptors (Lipinski definition) is 4. The molecule has 2 aromatic heterocycles. The van der Waals surface area contributed by atoms with E-state index < -0.39 is 5.91 Å². The number of pyridine rings is 1. The van der Waals surface area contributed by atoms with Gasteiger partial charge in [0.2, 0.25) is 5.91 Å². The topological polar surface area (TPSA) is 88.9 Å². The van der Waals surface area contributed by atoms with E-state index in [1.807, 2.05) is 17.7 Å². The third kappa shape index (κ3) is 4.83. The molecule has 0 fully saturated rings. The van der Waals surface area contributed by atoms with Crippen molar-refractivity contribution in [3.8, 4) is 0 Å². The Hall–Kier alpha value is -3.45. The molecule has 0 radical (unpaired) electrons. The Labute approximate surface area is 167 Å². The Kier molecular flexibility index (Phi) is 6.18. The molecular formula is C20H18ClN5O2. The first-order chi connectivity index (χ1) is 13.6. The Morgan fingerprint density at radius 2 is 1.96 bits per heavy atom. The van der Waals surface area contributed by atoms with Crippen LogP contribution in [-0.4, -0.2) is 26.3 Å². The number of amides is 2. The molecule has 0 spiro atoms. The fraction of sp³-hybridized carbons (Fsp3) is 0.100. The van der Waals surface area contributed by atoms with Gasteiger partial charge in [-0.25, -0.2) is 9.97 Å². The number of carbonyl (C=O) groups is 2. The lowest BCUT2D eigenvalue weighted by atomic mass is 10.1. The van der Waals surface area contributed by atoms with E-state index in [0.29, 0.717) is 27.9 Å². The lowest BCUT2D eigenvalue weighted by Crippen LogP contribution is -2.17. The van der Waals surface area contributed by atoms with Crippen molar-refractivity contribution in [3.63, 3.8) is 0 Å². The third-order valence-electron chi connectivity index (χ3n) is 3.87. The summed E-state index contributed by atoms with van der Waals surface area (Å²) in [5.41, 5.74) is 0.707. The molecule has 0 aliphatic heterocycles. The first-order valence-electron chi connectivity index (χ1n) is 8.59. The zero-order valence-electron chi connectivity index (χ0n) is 15.1. The van der Waals surface area contributed by atoms with Crippen molar-refractivity contribution in [1.29, 1.82) is 0 Å². The summed E-state index contributed by atoms with van der Waals surface area (Å²) in [6, 6.07) is 9.95. The average molecular weight is 396 g/mol. The maximum absolute atomic E-state index is 12.6. The second-order valence-electron chi connectivity index (χ2n) is 5.76. The van der Waals surface area contributed by atoms with Crippen molar-refractivity contribution in [2.75, 3.05) is 10.6 Å². The van der Waals surface area contributed by atoms with Crippen LogP contribution < -0.4 is 10.6 Å². The lowest BCUT2D eigenvalue weighted by Gasteiger charge is -2.10. The van der Waals surface area contributed by atoms with Crippen LogP contribution >= 0.6 is 11.6 Å². The van der Waals surface area contributed by atoms with Crippen LogP contribution in [0.1, 0.15) is 23.1 Å². The molecule has 28 heavy (non-hydrogen) atoms. The van der Waals surface area contributed by atoms with Crippen LogP contribution in [-0.2, 0) is 11.3 Å². The first-order valence-corrected chi connectivity index (χ1v) is 8.96. The summed E-state index contributed by atoms with van der Waals surface area (Å²) in [5, 5.41) is 5.87. The highest BCUT2D eigenvalue weighted by Crippen LogP contribution is 2.18. The smallest absolute Gasteiger partial charge is 0.258 e. The normalized spacial score (nSPS) is 10.8. The highest BCUT2D eigenvalue weighted by atomic mass is 35.5. The predicted octanol–water partition coefficient (Wildman–Crippen LogP) is 3.86. The predicted molar refractivity (Wildman–Crippen MR) is 109 cm³/mol. The Balaban J connectivity index is 1.71. The number of halogens is 1. The molecule has 0 bridgehead atoms. The van der Waals surface area contributed by atoms with E-state index in [9.17, 15) is 9.59 Å². The largest absolute Gasteiger partial charge is 0.332 e. The standard InChI is InChI=1S/C20H18ClN5O2/c1-2-26-12-11-22-18(26)9-10-19(27)24-16-6-4-3-5-15(16)20(28)25-17-8-7-14(21)13-23-17/h3-13H,2H2,1H3,(H,24,27)(H,23,25,28). The van der Waals surface area contributed by atoms with Crippen molar-refractivity contribution in [3.05, 3.63) is 77.5 Å². The summed E-state index contributed by atoms with van der Waals surface area (Å²) in [6.07, 6.45) is 7.95. The molecule has 142 valence electrons. The molecule has 0 saturated carbocycles. The maximum Gasteiger partial charge on any atom is 0.258 e. The van der Waals surface area contributed by atoms with Gasteiger partial charge in [0, 0.05) is 31.2 Å². The van der Waals surface area contributed by atoms with Gasteiger partial charge in [-0.3, -0.25) is 9.59 Å². The van der Waals surface area contributed by atoms with Crippen molar-refractivity contribution in [2.45, 2.75) is 13.5 Å².